The number of carbonyl (C=O) groups excluding carboxylic acids is 1. The van der Waals surface area contributed by atoms with Crippen LogP contribution in [0.1, 0.15) is 15.9 Å². The lowest BCUT2D eigenvalue weighted by Gasteiger charge is -2.09. The number of ether oxygens (including phenoxy) is 1. The van der Waals surface area contributed by atoms with Crippen molar-refractivity contribution in [3.8, 4) is 5.75 Å². The van der Waals surface area contributed by atoms with Crippen LogP contribution in [0.5, 0.6) is 5.75 Å². The monoisotopic (exact) mass is 295 g/mol. The lowest BCUT2D eigenvalue weighted by molar-refractivity contribution is 0.103. The smallest absolute Gasteiger partial charge is 0.196 e. The number of methoxy groups -OCH3 is 1. The topological polar surface area (TPSA) is 52.3 Å². The Morgan fingerprint density at radius 1 is 1.16 bits per heavy atom. The van der Waals surface area contributed by atoms with Gasteiger partial charge in [0.05, 0.1) is 23.4 Å². The summed E-state index contributed by atoms with van der Waals surface area (Å²) >= 11 is 11.8. The van der Waals surface area contributed by atoms with Crippen LogP contribution in [0, 0.1) is 0 Å². The molecule has 0 heterocycles. The van der Waals surface area contributed by atoms with E-state index in [9.17, 15) is 4.79 Å². The number of anilines is 1. The largest absolute Gasteiger partial charge is 0.496 e. The van der Waals surface area contributed by atoms with Gasteiger partial charge in [0.1, 0.15) is 5.75 Å². The molecule has 0 aliphatic rings. The highest BCUT2D eigenvalue weighted by Gasteiger charge is 2.15. The van der Waals surface area contributed by atoms with E-state index in [4.69, 9.17) is 33.7 Å². The molecule has 0 atom stereocenters. The van der Waals surface area contributed by atoms with Gasteiger partial charge < -0.3 is 10.5 Å². The quantitative estimate of drug-likeness (QED) is 0.692. The second-order valence-corrected chi connectivity index (χ2v) is 4.75. The SMILES string of the molecule is COc1ccc(Cl)cc1C(=O)c1ccc(N)c(Cl)c1. The first-order valence-corrected chi connectivity index (χ1v) is 6.22. The molecule has 0 bridgehead atoms. The fourth-order valence-electron chi connectivity index (χ4n) is 1.68. The lowest BCUT2D eigenvalue weighted by atomic mass is 10.0. The van der Waals surface area contributed by atoms with E-state index >= 15 is 0 Å². The summed E-state index contributed by atoms with van der Waals surface area (Å²) in [6.45, 7) is 0. The average Bonchev–Trinajstić information content (AvgIpc) is 2.41. The van der Waals surface area contributed by atoms with Crippen LogP contribution >= 0.6 is 23.2 Å². The predicted molar refractivity (Wildman–Crippen MR) is 77.3 cm³/mol. The number of hydrogen-bond donors (Lipinski definition) is 1. The molecule has 3 nitrogen and oxygen atoms in total. The zero-order valence-electron chi connectivity index (χ0n) is 10.1. The molecule has 0 amide bonds. The first-order chi connectivity index (χ1) is 9.02. The van der Waals surface area contributed by atoms with Gasteiger partial charge in [-0.2, -0.15) is 0 Å². The number of rotatable bonds is 3. The summed E-state index contributed by atoms with van der Waals surface area (Å²) in [5.74, 6) is 0.239. The highest BCUT2D eigenvalue weighted by Crippen LogP contribution is 2.27. The number of benzene rings is 2. The van der Waals surface area contributed by atoms with Crippen LogP contribution in [0.25, 0.3) is 0 Å². The first-order valence-electron chi connectivity index (χ1n) is 5.46. The van der Waals surface area contributed by atoms with Crippen molar-refractivity contribution in [3.05, 3.63) is 57.6 Å². The van der Waals surface area contributed by atoms with Crippen LogP contribution in [-0.2, 0) is 0 Å². The molecule has 0 saturated carbocycles. The highest BCUT2D eigenvalue weighted by atomic mass is 35.5. The van der Waals surface area contributed by atoms with Gasteiger partial charge in [0.2, 0.25) is 0 Å². The maximum atomic E-state index is 12.4. The molecule has 0 aliphatic heterocycles. The summed E-state index contributed by atoms with van der Waals surface area (Å²) in [6, 6.07) is 9.60. The Hall–Kier alpha value is -1.71. The zero-order chi connectivity index (χ0) is 14.0. The Morgan fingerprint density at radius 2 is 1.89 bits per heavy atom. The first kappa shape index (κ1) is 13.7. The Labute approximate surface area is 120 Å². The van der Waals surface area contributed by atoms with Crippen molar-refractivity contribution in [2.45, 2.75) is 0 Å². The minimum absolute atomic E-state index is 0.221. The molecule has 5 heteroatoms. The molecular formula is C14H11Cl2NO2. The number of ketones is 1. The number of hydrogen-bond acceptors (Lipinski definition) is 3. The van der Waals surface area contributed by atoms with E-state index < -0.39 is 0 Å². The molecule has 0 saturated heterocycles. The van der Waals surface area contributed by atoms with Crippen LogP contribution in [0.2, 0.25) is 10.0 Å². The Kier molecular flexibility index (Phi) is 3.98. The van der Waals surface area contributed by atoms with E-state index in [1.165, 1.54) is 13.2 Å². The molecular weight excluding hydrogens is 285 g/mol. The van der Waals surface area contributed by atoms with Gasteiger partial charge in [0.25, 0.3) is 0 Å². The average molecular weight is 296 g/mol. The van der Waals surface area contributed by atoms with Gasteiger partial charge in [-0.1, -0.05) is 23.2 Å². The molecule has 0 aromatic heterocycles. The second-order valence-electron chi connectivity index (χ2n) is 3.91. The van der Waals surface area contributed by atoms with Crippen LogP contribution in [0.15, 0.2) is 36.4 Å². The fraction of sp³-hybridized carbons (Fsp3) is 0.0714. The molecule has 2 N–H and O–H groups in total. The van der Waals surface area contributed by atoms with Crippen molar-refractivity contribution in [2.75, 3.05) is 12.8 Å². The Balaban J connectivity index is 2.49. The minimum Gasteiger partial charge on any atom is -0.496 e. The summed E-state index contributed by atoms with van der Waals surface area (Å²) in [6.07, 6.45) is 0. The fourth-order valence-corrected chi connectivity index (χ4v) is 2.03. The van der Waals surface area contributed by atoms with Crippen LogP contribution in [0.4, 0.5) is 5.69 Å². The van der Waals surface area contributed by atoms with E-state index in [0.29, 0.717) is 32.6 Å². The molecule has 19 heavy (non-hydrogen) atoms. The molecule has 0 fully saturated rings. The summed E-state index contributed by atoms with van der Waals surface area (Å²) in [4.78, 5) is 12.4. The molecule has 0 unspecified atom stereocenters. The van der Waals surface area contributed by atoms with E-state index in [0.717, 1.165) is 0 Å². The lowest BCUT2D eigenvalue weighted by Crippen LogP contribution is -2.04. The molecule has 0 aliphatic carbocycles. The molecule has 2 aromatic carbocycles. The summed E-state index contributed by atoms with van der Waals surface area (Å²) in [7, 11) is 1.50. The van der Waals surface area contributed by atoms with Gasteiger partial charge in [-0.05, 0) is 36.4 Å². The number of halogens is 2. The summed E-state index contributed by atoms with van der Waals surface area (Å²) in [5, 5.41) is 0.803. The third-order valence-corrected chi connectivity index (χ3v) is 3.23. The molecule has 2 aromatic rings. The third kappa shape index (κ3) is 2.83. The van der Waals surface area contributed by atoms with Crippen molar-refractivity contribution in [1.82, 2.24) is 0 Å². The van der Waals surface area contributed by atoms with Crippen molar-refractivity contribution in [1.29, 1.82) is 0 Å². The van der Waals surface area contributed by atoms with Crippen LogP contribution in [-0.4, -0.2) is 12.9 Å². The Bertz CT molecular complexity index is 641. The van der Waals surface area contributed by atoms with Crippen LogP contribution in [0.3, 0.4) is 0 Å². The maximum Gasteiger partial charge on any atom is 0.196 e. The van der Waals surface area contributed by atoms with Gasteiger partial charge in [-0.25, -0.2) is 0 Å². The summed E-state index contributed by atoms with van der Waals surface area (Å²) < 4.78 is 5.16. The number of nitrogens with two attached hydrogens (primary N) is 1. The van der Waals surface area contributed by atoms with Gasteiger partial charge in [-0.15, -0.1) is 0 Å². The van der Waals surface area contributed by atoms with Gasteiger partial charge in [0.15, 0.2) is 5.78 Å². The summed E-state index contributed by atoms with van der Waals surface area (Å²) in [5.41, 5.74) is 6.86. The number of nitrogen functional groups attached to an aromatic ring is 1. The third-order valence-electron chi connectivity index (χ3n) is 2.67. The van der Waals surface area contributed by atoms with Crippen molar-refractivity contribution >= 4 is 34.7 Å². The molecule has 0 spiro atoms. The predicted octanol–water partition coefficient (Wildman–Crippen LogP) is 3.82. The van der Waals surface area contributed by atoms with E-state index in [2.05, 4.69) is 0 Å². The van der Waals surface area contributed by atoms with Gasteiger partial charge in [0, 0.05) is 10.6 Å². The normalized spacial score (nSPS) is 10.3. The van der Waals surface area contributed by atoms with Crippen molar-refractivity contribution in [2.24, 2.45) is 0 Å². The number of carbonyl (C=O) groups is 1. The van der Waals surface area contributed by atoms with Gasteiger partial charge in [-0.3, -0.25) is 4.79 Å². The van der Waals surface area contributed by atoms with Crippen LogP contribution < -0.4 is 10.5 Å². The molecule has 98 valence electrons. The second kappa shape index (κ2) is 5.51. The van der Waals surface area contributed by atoms with Crippen molar-refractivity contribution < 1.29 is 9.53 Å². The maximum absolute atomic E-state index is 12.4. The standard InChI is InChI=1S/C14H11Cl2NO2/c1-19-13-5-3-9(15)7-10(13)14(18)8-2-4-12(17)11(16)6-8/h2-7H,17H2,1H3. The van der Waals surface area contributed by atoms with E-state index in [-0.39, 0.29) is 5.78 Å². The van der Waals surface area contributed by atoms with Gasteiger partial charge >= 0.3 is 0 Å². The molecule has 2 rings (SSSR count). The van der Waals surface area contributed by atoms with Crippen molar-refractivity contribution in [3.63, 3.8) is 0 Å². The van der Waals surface area contributed by atoms with E-state index in [1.54, 1.807) is 30.3 Å². The Morgan fingerprint density at radius 3 is 2.53 bits per heavy atom. The minimum atomic E-state index is -0.221. The highest BCUT2D eigenvalue weighted by molar-refractivity contribution is 6.34. The molecule has 0 radical (unpaired) electrons. The zero-order valence-corrected chi connectivity index (χ0v) is 11.6. The van der Waals surface area contributed by atoms with E-state index in [1.807, 2.05) is 0 Å².